The molecule has 1 amide bonds. The predicted octanol–water partition coefficient (Wildman–Crippen LogP) is 1.81. The molecule has 0 saturated heterocycles. The summed E-state index contributed by atoms with van der Waals surface area (Å²) in [5.74, 6) is -0.784. The summed E-state index contributed by atoms with van der Waals surface area (Å²) in [6.45, 7) is 1.95. The standard InChI is InChI=1S/C13H19N3O2/c1-3-7-11(12(14)15-18)13(17)16(2)10-8-5-4-6-9-10/h4-6,8-9,11,18H,3,7H2,1-2H3,(H2,14,15). The minimum atomic E-state index is -0.579. The van der Waals surface area contributed by atoms with E-state index in [2.05, 4.69) is 5.16 Å². The Morgan fingerprint density at radius 2 is 2.06 bits per heavy atom. The van der Waals surface area contributed by atoms with Crippen molar-refractivity contribution in [2.24, 2.45) is 16.8 Å². The van der Waals surface area contributed by atoms with E-state index in [1.807, 2.05) is 37.3 Å². The van der Waals surface area contributed by atoms with Crippen LogP contribution in [-0.4, -0.2) is 24.0 Å². The molecule has 0 spiro atoms. The number of nitrogens with zero attached hydrogens (tertiary/aromatic N) is 2. The van der Waals surface area contributed by atoms with Gasteiger partial charge in [0.15, 0.2) is 5.84 Å². The molecule has 0 radical (unpaired) electrons. The van der Waals surface area contributed by atoms with E-state index in [4.69, 9.17) is 10.9 Å². The molecule has 98 valence electrons. The van der Waals surface area contributed by atoms with Crippen LogP contribution >= 0.6 is 0 Å². The SMILES string of the molecule is CCCC(C(=O)N(C)c1ccccc1)C(N)=NO. The lowest BCUT2D eigenvalue weighted by Gasteiger charge is -2.22. The van der Waals surface area contributed by atoms with E-state index in [9.17, 15) is 4.79 Å². The molecule has 1 aromatic rings. The van der Waals surface area contributed by atoms with Crippen molar-refractivity contribution in [1.82, 2.24) is 0 Å². The Labute approximate surface area is 107 Å². The summed E-state index contributed by atoms with van der Waals surface area (Å²) in [6, 6.07) is 9.28. The third-order valence-electron chi connectivity index (χ3n) is 2.82. The van der Waals surface area contributed by atoms with Gasteiger partial charge in [0, 0.05) is 12.7 Å². The van der Waals surface area contributed by atoms with Crippen molar-refractivity contribution in [1.29, 1.82) is 0 Å². The maximum atomic E-state index is 12.3. The van der Waals surface area contributed by atoms with E-state index >= 15 is 0 Å². The second-order valence-corrected chi connectivity index (χ2v) is 4.10. The zero-order valence-electron chi connectivity index (χ0n) is 10.7. The summed E-state index contributed by atoms with van der Waals surface area (Å²) in [4.78, 5) is 13.8. The molecule has 0 aliphatic carbocycles. The van der Waals surface area contributed by atoms with E-state index in [0.29, 0.717) is 6.42 Å². The van der Waals surface area contributed by atoms with Gasteiger partial charge in [-0.15, -0.1) is 0 Å². The number of anilines is 1. The average Bonchev–Trinajstić information content (AvgIpc) is 2.43. The summed E-state index contributed by atoms with van der Waals surface area (Å²) >= 11 is 0. The maximum absolute atomic E-state index is 12.3. The number of nitrogens with two attached hydrogens (primary N) is 1. The van der Waals surface area contributed by atoms with Gasteiger partial charge >= 0.3 is 0 Å². The first-order valence-electron chi connectivity index (χ1n) is 5.91. The molecule has 0 aromatic heterocycles. The molecular weight excluding hydrogens is 230 g/mol. The monoisotopic (exact) mass is 249 g/mol. The molecule has 3 N–H and O–H groups in total. The number of carbonyl (C=O) groups is 1. The van der Waals surface area contributed by atoms with Gasteiger partial charge in [-0.25, -0.2) is 0 Å². The lowest BCUT2D eigenvalue weighted by Crippen LogP contribution is -2.40. The Balaban J connectivity index is 2.90. The normalized spacial score (nSPS) is 13.1. The largest absolute Gasteiger partial charge is 0.409 e. The van der Waals surface area contributed by atoms with Gasteiger partial charge < -0.3 is 15.8 Å². The highest BCUT2D eigenvalue weighted by Crippen LogP contribution is 2.17. The van der Waals surface area contributed by atoms with Crippen LogP contribution in [0, 0.1) is 5.92 Å². The number of hydrogen-bond acceptors (Lipinski definition) is 3. The molecule has 1 aromatic carbocycles. The minimum absolute atomic E-state index is 0.0374. The number of para-hydroxylation sites is 1. The molecule has 5 nitrogen and oxygen atoms in total. The topological polar surface area (TPSA) is 78.9 Å². The highest BCUT2D eigenvalue weighted by atomic mass is 16.4. The van der Waals surface area contributed by atoms with Crippen molar-refractivity contribution in [2.75, 3.05) is 11.9 Å². The van der Waals surface area contributed by atoms with Gasteiger partial charge in [-0.3, -0.25) is 4.79 Å². The van der Waals surface area contributed by atoms with Crippen LogP contribution in [0.3, 0.4) is 0 Å². The quantitative estimate of drug-likeness (QED) is 0.361. The van der Waals surface area contributed by atoms with Gasteiger partial charge in [-0.1, -0.05) is 36.7 Å². The Kier molecular flexibility index (Phi) is 5.17. The average molecular weight is 249 g/mol. The van der Waals surface area contributed by atoms with Gasteiger partial charge in [0.05, 0.1) is 5.92 Å². The first-order valence-corrected chi connectivity index (χ1v) is 5.91. The zero-order valence-corrected chi connectivity index (χ0v) is 10.7. The van der Waals surface area contributed by atoms with Gasteiger partial charge in [0.25, 0.3) is 0 Å². The predicted molar refractivity (Wildman–Crippen MR) is 71.7 cm³/mol. The van der Waals surface area contributed by atoms with E-state index in [1.54, 1.807) is 7.05 Å². The van der Waals surface area contributed by atoms with Crippen molar-refractivity contribution in [3.63, 3.8) is 0 Å². The van der Waals surface area contributed by atoms with E-state index < -0.39 is 5.92 Å². The van der Waals surface area contributed by atoms with Gasteiger partial charge in [0.2, 0.25) is 5.91 Å². The molecule has 1 atom stereocenters. The molecule has 0 saturated carbocycles. The van der Waals surface area contributed by atoms with Crippen LogP contribution in [0.2, 0.25) is 0 Å². The summed E-state index contributed by atoms with van der Waals surface area (Å²) in [5.41, 5.74) is 6.36. The van der Waals surface area contributed by atoms with E-state index in [1.165, 1.54) is 4.90 Å². The number of amidine groups is 1. The van der Waals surface area contributed by atoms with Crippen molar-refractivity contribution in [3.05, 3.63) is 30.3 Å². The van der Waals surface area contributed by atoms with E-state index in [-0.39, 0.29) is 11.7 Å². The second kappa shape index (κ2) is 6.64. The molecule has 5 heteroatoms. The molecule has 0 bridgehead atoms. The molecular formula is C13H19N3O2. The molecule has 0 fully saturated rings. The Morgan fingerprint density at radius 1 is 1.44 bits per heavy atom. The fourth-order valence-corrected chi connectivity index (χ4v) is 1.77. The van der Waals surface area contributed by atoms with Crippen molar-refractivity contribution in [2.45, 2.75) is 19.8 Å². The molecule has 18 heavy (non-hydrogen) atoms. The molecule has 0 aliphatic heterocycles. The van der Waals surface area contributed by atoms with Crippen molar-refractivity contribution < 1.29 is 10.0 Å². The lowest BCUT2D eigenvalue weighted by atomic mass is 10.0. The number of rotatable bonds is 5. The fraction of sp³-hybridized carbons (Fsp3) is 0.385. The third kappa shape index (κ3) is 3.23. The summed E-state index contributed by atoms with van der Waals surface area (Å²) < 4.78 is 0. The highest BCUT2D eigenvalue weighted by Gasteiger charge is 2.26. The van der Waals surface area contributed by atoms with Crippen LogP contribution in [0.5, 0.6) is 0 Å². The number of amides is 1. The van der Waals surface area contributed by atoms with Crippen LogP contribution in [0.4, 0.5) is 5.69 Å². The number of hydrogen-bond donors (Lipinski definition) is 2. The van der Waals surface area contributed by atoms with Crippen molar-refractivity contribution >= 4 is 17.4 Å². The maximum Gasteiger partial charge on any atom is 0.237 e. The Morgan fingerprint density at radius 3 is 2.56 bits per heavy atom. The van der Waals surface area contributed by atoms with Crippen LogP contribution in [-0.2, 0) is 4.79 Å². The van der Waals surface area contributed by atoms with Crippen LogP contribution in [0.15, 0.2) is 35.5 Å². The van der Waals surface area contributed by atoms with Crippen LogP contribution in [0.25, 0.3) is 0 Å². The first kappa shape index (κ1) is 14.0. The smallest absolute Gasteiger partial charge is 0.237 e. The highest BCUT2D eigenvalue weighted by molar-refractivity contribution is 6.08. The molecule has 1 rings (SSSR count). The number of oxime groups is 1. The van der Waals surface area contributed by atoms with Crippen molar-refractivity contribution in [3.8, 4) is 0 Å². The number of benzene rings is 1. The van der Waals surface area contributed by atoms with Gasteiger partial charge in [0.1, 0.15) is 0 Å². The molecule has 0 aliphatic rings. The van der Waals surface area contributed by atoms with E-state index in [0.717, 1.165) is 12.1 Å². The van der Waals surface area contributed by atoms with Gasteiger partial charge in [-0.05, 0) is 18.6 Å². The summed E-state index contributed by atoms with van der Waals surface area (Å²) in [7, 11) is 1.69. The summed E-state index contributed by atoms with van der Waals surface area (Å²) in [5, 5.41) is 11.7. The first-order chi connectivity index (χ1) is 8.61. The Hall–Kier alpha value is -2.04. The third-order valence-corrected chi connectivity index (χ3v) is 2.82. The Bertz CT molecular complexity index is 418. The second-order valence-electron chi connectivity index (χ2n) is 4.10. The fourth-order valence-electron chi connectivity index (χ4n) is 1.77. The van der Waals surface area contributed by atoms with Crippen LogP contribution in [0.1, 0.15) is 19.8 Å². The molecule has 0 heterocycles. The lowest BCUT2D eigenvalue weighted by molar-refractivity contribution is -0.120. The number of carbonyl (C=O) groups excluding carboxylic acids is 1. The van der Waals surface area contributed by atoms with Crippen LogP contribution < -0.4 is 10.6 Å². The minimum Gasteiger partial charge on any atom is -0.409 e. The molecule has 1 unspecified atom stereocenters. The zero-order chi connectivity index (χ0) is 13.5. The van der Waals surface area contributed by atoms with Gasteiger partial charge in [-0.2, -0.15) is 0 Å². The summed E-state index contributed by atoms with van der Waals surface area (Å²) in [6.07, 6.45) is 1.35.